The van der Waals surface area contributed by atoms with Crippen molar-refractivity contribution in [2.75, 3.05) is 18.1 Å². The molecule has 0 spiro atoms. The molecule has 0 radical (unpaired) electrons. The third kappa shape index (κ3) is 4.42. The molecule has 6 heteroatoms. The van der Waals surface area contributed by atoms with Gasteiger partial charge < -0.3 is 15.0 Å². The summed E-state index contributed by atoms with van der Waals surface area (Å²) in [7, 11) is 0. The van der Waals surface area contributed by atoms with E-state index >= 15 is 0 Å². The van der Waals surface area contributed by atoms with Crippen LogP contribution in [-0.2, 0) is 9.59 Å². The first kappa shape index (κ1) is 19.2. The number of nitrogens with zero attached hydrogens (tertiary/aromatic N) is 1. The van der Waals surface area contributed by atoms with E-state index < -0.39 is 5.92 Å². The van der Waals surface area contributed by atoms with Crippen molar-refractivity contribution in [3.63, 3.8) is 0 Å². The lowest BCUT2D eigenvalue weighted by molar-refractivity contribution is -0.126. The number of nitrogens with one attached hydrogen (secondary N) is 1. The number of carbonyl (C=O) groups is 2. The molecule has 1 heterocycles. The standard InChI is InChI=1S/C21H23ClN2O3/c1-3-27-19-10-5-4-9-18(19)24-13-16(12-20(24)25)21(26)23-14(2)15-7-6-8-17(22)11-15/h4-11,14,16H,3,12-13H2,1-2H3,(H,23,26). The Morgan fingerprint density at radius 3 is 2.81 bits per heavy atom. The van der Waals surface area contributed by atoms with E-state index in [1.54, 1.807) is 11.0 Å². The van der Waals surface area contributed by atoms with Gasteiger partial charge in [-0.15, -0.1) is 0 Å². The fourth-order valence-electron chi connectivity index (χ4n) is 3.26. The first-order valence-corrected chi connectivity index (χ1v) is 9.45. The monoisotopic (exact) mass is 386 g/mol. The lowest BCUT2D eigenvalue weighted by atomic mass is 10.1. The SMILES string of the molecule is CCOc1ccccc1N1CC(C(=O)NC(C)c2cccc(Cl)c2)CC1=O. The Hall–Kier alpha value is -2.53. The third-order valence-electron chi connectivity index (χ3n) is 4.66. The molecule has 27 heavy (non-hydrogen) atoms. The van der Waals surface area contributed by atoms with Crippen LogP contribution in [0.5, 0.6) is 5.75 Å². The first-order chi connectivity index (χ1) is 13.0. The van der Waals surface area contributed by atoms with Gasteiger partial charge >= 0.3 is 0 Å². The summed E-state index contributed by atoms with van der Waals surface area (Å²) in [5.74, 6) is 0.0560. The molecule has 2 amide bonds. The molecule has 2 atom stereocenters. The maximum atomic E-state index is 12.7. The number of amides is 2. The Morgan fingerprint density at radius 2 is 2.07 bits per heavy atom. The average molecular weight is 387 g/mol. The second kappa shape index (κ2) is 8.44. The lowest BCUT2D eigenvalue weighted by Crippen LogP contribution is -2.34. The summed E-state index contributed by atoms with van der Waals surface area (Å²) in [5, 5.41) is 3.62. The molecule has 3 rings (SSSR count). The van der Waals surface area contributed by atoms with Crippen molar-refractivity contribution in [2.45, 2.75) is 26.3 Å². The summed E-state index contributed by atoms with van der Waals surface area (Å²) in [6.07, 6.45) is 0.189. The van der Waals surface area contributed by atoms with Gasteiger partial charge in [0.2, 0.25) is 11.8 Å². The zero-order chi connectivity index (χ0) is 19.4. The molecular formula is C21H23ClN2O3. The van der Waals surface area contributed by atoms with Crippen LogP contribution < -0.4 is 15.0 Å². The molecule has 2 aromatic rings. The van der Waals surface area contributed by atoms with Gasteiger partial charge in [0.25, 0.3) is 0 Å². The Morgan fingerprint density at radius 1 is 1.30 bits per heavy atom. The van der Waals surface area contributed by atoms with Crippen LogP contribution in [-0.4, -0.2) is 25.0 Å². The highest BCUT2D eigenvalue weighted by atomic mass is 35.5. The van der Waals surface area contributed by atoms with Crippen LogP contribution in [0.1, 0.15) is 31.9 Å². The molecule has 1 saturated heterocycles. The molecule has 1 aliphatic rings. The largest absolute Gasteiger partial charge is 0.492 e. The van der Waals surface area contributed by atoms with Gasteiger partial charge in [-0.05, 0) is 43.7 Å². The van der Waals surface area contributed by atoms with Gasteiger partial charge in [-0.2, -0.15) is 0 Å². The van der Waals surface area contributed by atoms with E-state index in [0.717, 1.165) is 5.56 Å². The molecule has 0 saturated carbocycles. The molecule has 142 valence electrons. The number of ether oxygens (including phenoxy) is 1. The van der Waals surface area contributed by atoms with Crippen molar-refractivity contribution in [1.29, 1.82) is 0 Å². The van der Waals surface area contributed by atoms with Crippen LogP contribution in [0.4, 0.5) is 5.69 Å². The summed E-state index contributed by atoms with van der Waals surface area (Å²) in [6, 6.07) is 14.6. The average Bonchev–Trinajstić information content (AvgIpc) is 3.04. The van der Waals surface area contributed by atoms with E-state index in [2.05, 4.69) is 5.32 Å². The highest BCUT2D eigenvalue weighted by molar-refractivity contribution is 6.30. The zero-order valence-electron chi connectivity index (χ0n) is 15.4. The predicted molar refractivity (Wildman–Crippen MR) is 106 cm³/mol. The van der Waals surface area contributed by atoms with Crippen LogP contribution in [0.25, 0.3) is 0 Å². The van der Waals surface area contributed by atoms with Crippen molar-refractivity contribution in [3.8, 4) is 5.75 Å². The summed E-state index contributed by atoms with van der Waals surface area (Å²) in [4.78, 5) is 26.9. The van der Waals surface area contributed by atoms with Crippen LogP contribution in [0.3, 0.4) is 0 Å². The molecule has 0 bridgehead atoms. The third-order valence-corrected chi connectivity index (χ3v) is 4.89. The van der Waals surface area contributed by atoms with Gasteiger partial charge in [0.1, 0.15) is 5.75 Å². The second-order valence-electron chi connectivity index (χ2n) is 6.59. The number of anilines is 1. The summed E-state index contributed by atoms with van der Waals surface area (Å²) in [6.45, 7) is 4.66. The number of hydrogen-bond acceptors (Lipinski definition) is 3. The quantitative estimate of drug-likeness (QED) is 0.817. The van der Waals surface area contributed by atoms with E-state index in [4.69, 9.17) is 16.3 Å². The molecule has 1 aliphatic heterocycles. The molecule has 2 unspecified atom stereocenters. The highest BCUT2D eigenvalue weighted by Crippen LogP contribution is 2.33. The van der Waals surface area contributed by atoms with Crippen molar-refractivity contribution in [1.82, 2.24) is 5.32 Å². The highest BCUT2D eigenvalue weighted by Gasteiger charge is 2.36. The number of para-hydroxylation sites is 2. The molecule has 2 aromatic carbocycles. The van der Waals surface area contributed by atoms with Gasteiger partial charge in [0, 0.05) is 18.0 Å². The van der Waals surface area contributed by atoms with Crippen molar-refractivity contribution in [2.24, 2.45) is 5.92 Å². The van der Waals surface area contributed by atoms with E-state index in [9.17, 15) is 9.59 Å². The van der Waals surface area contributed by atoms with E-state index in [1.807, 2.05) is 56.3 Å². The minimum absolute atomic E-state index is 0.0716. The summed E-state index contributed by atoms with van der Waals surface area (Å²) in [5.41, 5.74) is 1.64. The Kier molecular flexibility index (Phi) is 6.01. The summed E-state index contributed by atoms with van der Waals surface area (Å²) >= 11 is 6.02. The molecule has 1 N–H and O–H groups in total. The van der Waals surface area contributed by atoms with Gasteiger partial charge in [-0.1, -0.05) is 35.9 Å². The molecule has 5 nitrogen and oxygen atoms in total. The van der Waals surface area contributed by atoms with Crippen LogP contribution in [0, 0.1) is 5.92 Å². The topological polar surface area (TPSA) is 58.6 Å². The number of hydrogen-bond donors (Lipinski definition) is 1. The predicted octanol–water partition coefficient (Wildman–Crippen LogP) is 3.97. The van der Waals surface area contributed by atoms with Crippen molar-refractivity contribution < 1.29 is 14.3 Å². The minimum atomic E-state index is -0.395. The van der Waals surface area contributed by atoms with Crippen LogP contribution in [0.15, 0.2) is 48.5 Å². The fraction of sp³-hybridized carbons (Fsp3) is 0.333. The first-order valence-electron chi connectivity index (χ1n) is 9.07. The smallest absolute Gasteiger partial charge is 0.227 e. The van der Waals surface area contributed by atoms with Crippen LogP contribution in [0.2, 0.25) is 5.02 Å². The number of carbonyl (C=O) groups excluding carboxylic acids is 2. The van der Waals surface area contributed by atoms with Gasteiger partial charge in [0.05, 0.1) is 24.3 Å². The van der Waals surface area contributed by atoms with Gasteiger partial charge in [0.15, 0.2) is 0 Å². The van der Waals surface area contributed by atoms with Crippen molar-refractivity contribution >= 4 is 29.1 Å². The lowest BCUT2D eigenvalue weighted by Gasteiger charge is -2.21. The number of benzene rings is 2. The van der Waals surface area contributed by atoms with Crippen molar-refractivity contribution in [3.05, 3.63) is 59.1 Å². The normalized spacial score (nSPS) is 17.7. The zero-order valence-corrected chi connectivity index (χ0v) is 16.2. The minimum Gasteiger partial charge on any atom is -0.492 e. The Labute approximate surface area is 164 Å². The Bertz CT molecular complexity index is 840. The van der Waals surface area contributed by atoms with Gasteiger partial charge in [-0.3, -0.25) is 9.59 Å². The van der Waals surface area contributed by atoms with Crippen LogP contribution >= 0.6 is 11.6 Å². The molecule has 1 fully saturated rings. The van der Waals surface area contributed by atoms with Gasteiger partial charge in [-0.25, -0.2) is 0 Å². The molecule has 0 aliphatic carbocycles. The second-order valence-corrected chi connectivity index (χ2v) is 7.03. The van der Waals surface area contributed by atoms with E-state index in [-0.39, 0.29) is 24.3 Å². The molecule has 0 aromatic heterocycles. The molecular weight excluding hydrogens is 364 g/mol. The summed E-state index contributed by atoms with van der Waals surface area (Å²) < 4.78 is 5.62. The Balaban J connectivity index is 1.69. The van der Waals surface area contributed by atoms with E-state index in [1.165, 1.54) is 0 Å². The number of rotatable bonds is 6. The fourth-order valence-corrected chi connectivity index (χ4v) is 3.46. The maximum absolute atomic E-state index is 12.7. The number of halogens is 1. The van der Waals surface area contributed by atoms with E-state index in [0.29, 0.717) is 29.6 Å². The maximum Gasteiger partial charge on any atom is 0.227 e.